The van der Waals surface area contributed by atoms with Gasteiger partial charge in [0.2, 0.25) is 0 Å². The molecule has 8 heteroatoms. The molecule has 0 aliphatic carbocycles. The summed E-state index contributed by atoms with van der Waals surface area (Å²) in [6.45, 7) is 0.865. The predicted octanol–water partition coefficient (Wildman–Crippen LogP) is 3.45. The van der Waals surface area contributed by atoms with Crippen molar-refractivity contribution in [1.82, 2.24) is 4.90 Å². The zero-order chi connectivity index (χ0) is 19.1. The van der Waals surface area contributed by atoms with Crippen LogP contribution < -0.4 is 20.5 Å². The van der Waals surface area contributed by atoms with Crippen LogP contribution in [-0.4, -0.2) is 39.2 Å². The molecule has 148 valence electrons. The van der Waals surface area contributed by atoms with E-state index in [0.717, 1.165) is 5.56 Å². The molecule has 2 aromatic carbocycles. The quantitative estimate of drug-likeness (QED) is 0.355. The average Bonchev–Trinajstić information content (AvgIpc) is 2.61. The molecule has 0 bridgehead atoms. The Kier molecular flexibility index (Phi) is 9.30. The Bertz CT molecular complexity index is 784. The van der Waals surface area contributed by atoms with Crippen molar-refractivity contribution in [3.05, 3.63) is 53.3 Å². The second-order valence-electron chi connectivity index (χ2n) is 6.06. The van der Waals surface area contributed by atoms with E-state index in [9.17, 15) is 4.39 Å². The lowest BCUT2D eigenvalue weighted by Gasteiger charge is -2.13. The van der Waals surface area contributed by atoms with Crippen molar-refractivity contribution in [2.45, 2.75) is 13.1 Å². The molecule has 3 N–H and O–H groups in total. The molecule has 0 unspecified atom stereocenters. The maximum atomic E-state index is 13.8. The molecule has 27 heavy (non-hydrogen) atoms. The Balaban J connectivity index is 0.00000364. The monoisotopic (exact) mass is 488 g/mol. The van der Waals surface area contributed by atoms with E-state index in [2.05, 4.69) is 10.3 Å². The van der Waals surface area contributed by atoms with Gasteiger partial charge in [0.1, 0.15) is 17.3 Å². The molecule has 0 fully saturated rings. The van der Waals surface area contributed by atoms with Gasteiger partial charge in [-0.25, -0.2) is 9.38 Å². The summed E-state index contributed by atoms with van der Waals surface area (Å²) in [5.74, 6) is 1.31. The van der Waals surface area contributed by atoms with Gasteiger partial charge in [0.15, 0.2) is 5.96 Å². The highest BCUT2D eigenvalue weighted by Crippen LogP contribution is 2.28. The number of guanidine groups is 1. The molecular weight excluding hydrogens is 462 g/mol. The number of aliphatic imine (C=N–C) groups is 1. The third kappa shape index (κ3) is 6.87. The SMILES string of the molecule is COc1ccc(OC)c(NC(N)=NCc2ccc(F)c(CN(C)C)c2)c1.I. The Morgan fingerprint density at radius 1 is 1.15 bits per heavy atom. The minimum Gasteiger partial charge on any atom is -0.497 e. The Labute approximate surface area is 176 Å². The Morgan fingerprint density at radius 3 is 2.52 bits per heavy atom. The number of hydrogen-bond acceptors (Lipinski definition) is 4. The van der Waals surface area contributed by atoms with Gasteiger partial charge in [0.25, 0.3) is 0 Å². The number of anilines is 1. The molecule has 0 spiro atoms. The Hall–Kier alpha value is -2.07. The fraction of sp³-hybridized carbons (Fsp3) is 0.316. The zero-order valence-electron chi connectivity index (χ0n) is 16.0. The van der Waals surface area contributed by atoms with Crippen LogP contribution in [0.1, 0.15) is 11.1 Å². The smallest absolute Gasteiger partial charge is 0.193 e. The molecule has 0 amide bonds. The summed E-state index contributed by atoms with van der Waals surface area (Å²) in [4.78, 5) is 6.23. The second kappa shape index (κ2) is 10.9. The molecule has 2 rings (SSSR count). The van der Waals surface area contributed by atoms with Crippen LogP contribution in [0.2, 0.25) is 0 Å². The number of rotatable bonds is 7. The van der Waals surface area contributed by atoms with Gasteiger partial charge in [0, 0.05) is 18.2 Å². The fourth-order valence-corrected chi connectivity index (χ4v) is 2.45. The van der Waals surface area contributed by atoms with Crippen LogP contribution in [-0.2, 0) is 13.1 Å². The van der Waals surface area contributed by atoms with E-state index in [1.54, 1.807) is 44.6 Å². The maximum absolute atomic E-state index is 13.8. The van der Waals surface area contributed by atoms with Crippen molar-refractivity contribution in [3.63, 3.8) is 0 Å². The summed E-state index contributed by atoms with van der Waals surface area (Å²) in [6.07, 6.45) is 0. The molecule has 0 aliphatic heterocycles. The van der Waals surface area contributed by atoms with Crippen molar-refractivity contribution in [3.8, 4) is 11.5 Å². The van der Waals surface area contributed by atoms with Crippen LogP contribution in [0.25, 0.3) is 0 Å². The normalized spacial score (nSPS) is 11.1. The topological polar surface area (TPSA) is 72.1 Å². The van der Waals surface area contributed by atoms with Gasteiger partial charge in [-0.1, -0.05) is 6.07 Å². The van der Waals surface area contributed by atoms with Crippen LogP contribution in [0, 0.1) is 5.82 Å². The first kappa shape index (κ1) is 23.0. The highest BCUT2D eigenvalue weighted by atomic mass is 127. The van der Waals surface area contributed by atoms with Gasteiger partial charge in [-0.15, -0.1) is 24.0 Å². The molecule has 0 aromatic heterocycles. The number of benzene rings is 2. The number of hydrogen-bond donors (Lipinski definition) is 2. The summed E-state index contributed by atoms with van der Waals surface area (Å²) in [7, 11) is 6.95. The molecule has 0 aliphatic rings. The average molecular weight is 488 g/mol. The van der Waals surface area contributed by atoms with E-state index < -0.39 is 0 Å². The van der Waals surface area contributed by atoms with Crippen molar-refractivity contribution in [2.75, 3.05) is 33.6 Å². The molecule has 0 radical (unpaired) electrons. The number of nitrogens with zero attached hydrogens (tertiary/aromatic N) is 2. The lowest BCUT2D eigenvalue weighted by molar-refractivity contribution is 0.392. The minimum atomic E-state index is -0.223. The summed E-state index contributed by atoms with van der Waals surface area (Å²) in [6, 6.07) is 10.3. The standard InChI is InChI=1S/C19H25FN4O2.HI/c1-24(2)12-14-9-13(5-7-16(14)20)11-22-19(21)23-17-10-15(25-3)6-8-18(17)26-4;/h5-10H,11-12H2,1-4H3,(H3,21,22,23);1H. The van der Waals surface area contributed by atoms with E-state index in [1.807, 2.05) is 19.0 Å². The van der Waals surface area contributed by atoms with E-state index in [4.69, 9.17) is 15.2 Å². The van der Waals surface area contributed by atoms with Gasteiger partial charge >= 0.3 is 0 Å². The summed E-state index contributed by atoms with van der Waals surface area (Å²) >= 11 is 0. The molecule has 2 aromatic rings. The van der Waals surface area contributed by atoms with Crippen molar-refractivity contribution >= 4 is 35.6 Å². The predicted molar refractivity (Wildman–Crippen MR) is 118 cm³/mol. The zero-order valence-corrected chi connectivity index (χ0v) is 18.3. The van der Waals surface area contributed by atoms with Crippen molar-refractivity contribution in [1.29, 1.82) is 0 Å². The van der Waals surface area contributed by atoms with Crippen LogP contribution in [0.3, 0.4) is 0 Å². The number of nitrogens with two attached hydrogens (primary N) is 1. The molecule has 0 saturated heterocycles. The molecule has 0 heterocycles. The molecule has 0 atom stereocenters. The van der Waals surface area contributed by atoms with Crippen LogP contribution in [0.5, 0.6) is 11.5 Å². The van der Waals surface area contributed by atoms with Crippen molar-refractivity contribution < 1.29 is 13.9 Å². The highest BCUT2D eigenvalue weighted by molar-refractivity contribution is 14.0. The second-order valence-corrected chi connectivity index (χ2v) is 6.06. The first-order valence-electron chi connectivity index (χ1n) is 8.14. The van der Waals surface area contributed by atoms with Gasteiger partial charge in [-0.05, 0) is 43.9 Å². The van der Waals surface area contributed by atoms with Crippen LogP contribution >= 0.6 is 24.0 Å². The molecular formula is C19H26FIN4O2. The third-order valence-electron chi connectivity index (χ3n) is 3.70. The number of ether oxygens (including phenoxy) is 2. The summed E-state index contributed by atoms with van der Waals surface area (Å²) in [5.41, 5.74) is 8.14. The molecule has 0 saturated carbocycles. The van der Waals surface area contributed by atoms with Gasteiger partial charge < -0.3 is 25.4 Å². The maximum Gasteiger partial charge on any atom is 0.193 e. The van der Waals surface area contributed by atoms with E-state index in [-0.39, 0.29) is 35.8 Å². The number of nitrogens with one attached hydrogen (secondary N) is 1. The number of halogens is 2. The van der Waals surface area contributed by atoms with Crippen molar-refractivity contribution in [2.24, 2.45) is 10.7 Å². The lowest BCUT2D eigenvalue weighted by atomic mass is 10.1. The minimum absolute atomic E-state index is 0. The van der Waals surface area contributed by atoms with E-state index >= 15 is 0 Å². The summed E-state index contributed by atoms with van der Waals surface area (Å²) in [5, 5.41) is 3.01. The van der Waals surface area contributed by atoms with E-state index in [0.29, 0.717) is 35.8 Å². The van der Waals surface area contributed by atoms with E-state index in [1.165, 1.54) is 6.07 Å². The first-order chi connectivity index (χ1) is 12.4. The summed E-state index contributed by atoms with van der Waals surface area (Å²) < 4.78 is 24.4. The van der Waals surface area contributed by atoms with Gasteiger partial charge in [0.05, 0.1) is 26.5 Å². The number of methoxy groups -OCH3 is 2. The van der Waals surface area contributed by atoms with Gasteiger partial charge in [-0.3, -0.25) is 0 Å². The highest BCUT2D eigenvalue weighted by Gasteiger charge is 2.07. The van der Waals surface area contributed by atoms with Crippen LogP contribution in [0.15, 0.2) is 41.4 Å². The van der Waals surface area contributed by atoms with Gasteiger partial charge in [-0.2, -0.15) is 0 Å². The lowest BCUT2D eigenvalue weighted by Crippen LogP contribution is -2.23. The fourth-order valence-electron chi connectivity index (χ4n) is 2.45. The molecule has 6 nitrogen and oxygen atoms in total. The first-order valence-corrected chi connectivity index (χ1v) is 8.14. The Morgan fingerprint density at radius 2 is 1.89 bits per heavy atom. The third-order valence-corrected chi connectivity index (χ3v) is 3.70. The van der Waals surface area contributed by atoms with Crippen LogP contribution in [0.4, 0.5) is 10.1 Å². The largest absolute Gasteiger partial charge is 0.497 e.